The molecule has 1 saturated carbocycles. The fourth-order valence-corrected chi connectivity index (χ4v) is 3.49. The Kier molecular flexibility index (Phi) is 5.64. The second-order valence-corrected chi connectivity index (χ2v) is 7.85. The summed E-state index contributed by atoms with van der Waals surface area (Å²) in [6, 6.07) is 5.71. The summed E-state index contributed by atoms with van der Waals surface area (Å²) in [6.45, 7) is -0.751. The summed E-state index contributed by atoms with van der Waals surface area (Å²) < 4.78 is 52.0. The van der Waals surface area contributed by atoms with E-state index in [1.165, 1.54) is 18.5 Å². The van der Waals surface area contributed by atoms with Crippen LogP contribution in [0.4, 0.5) is 34.9 Å². The van der Waals surface area contributed by atoms with Crippen molar-refractivity contribution in [3.63, 3.8) is 0 Å². The Morgan fingerprint density at radius 3 is 2.50 bits per heavy atom. The Balaban J connectivity index is 1.42. The molecule has 1 aliphatic rings. The summed E-state index contributed by atoms with van der Waals surface area (Å²) >= 11 is 0. The van der Waals surface area contributed by atoms with Gasteiger partial charge < -0.3 is 10.6 Å². The largest absolute Gasteiger partial charge is 0.417 e. The molecule has 0 aliphatic heterocycles. The quantitative estimate of drug-likeness (QED) is 0.377. The fraction of sp³-hybridized carbons (Fsp3) is 0.273. The van der Waals surface area contributed by atoms with Gasteiger partial charge in [-0.3, -0.25) is 0 Å². The summed E-state index contributed by atoms with van der Waals surface area (Å²) in [5.41, 5.74) is 1.12. The van der Waals surface area contributed by atoms with E-state index < -0.39 is 18.4 Å². The number of nitrogens with zero attached hydrogens (tertiary/aromatic N) is 6. The van der Waals surface area contributed by atoms with Gasteiger partial charge in [-0.2, -0.15) is 13.2 Å². The van der Waals surface area contributed by atoms with Crippen molar-refractivity contribution in [3.8, 4) is 11.4 Å². The van der Waals surface area contributed by atoms with Gasteiger partial charge in [0.05, 0.1) is 17.4 Å². The minimum atomic E-state index is -4.47. The lowest BCUT2D eigenvalue weighted by molar-refractivity contribution is -0.137. The Hall–Kier alpha value is -3.96. The van der Waals surface area contributed by atoms with Crippen molar-refractivity contribution >= 4 is 28.5 Å². The maximum absolute atomic E-state index is 13.8. The smallest absolute Gasteiger partial charge is 0.366 e. The van der Waals surface area contributed by atoms with E-state index in [1.807, 2.05) is 0 Å². The van der Waals surface area contributed by atoms with E-state index in [9.17, 15) is 17.6 Å². The molecule has 12 heteroatoms. The number of nitrogens with one attached hydrogen (secondary N) is 2. The van der Waals surface area contributed by atoms with Crippen LogP contribution in [0.15, 0.2) is 42.9 Å². The van der Waals surface area contributed by atoms with E-state index >= 15 is 0 Å². The first-order valence-corrected chi connectivity index (χ1v) is 10.5. The van der Waals surface area contributed by atoms with E-state index in [0.717, 1.165) is 31.5 Å². The zero-order chi connectivity index (χ0) is 23.7. The van der Waals surface area contributed by atoms with Crippen LogP contribution < -0.4 is 10.6 Å². The molecule has 5 rings (SSSR count). The van der Waals surface area contributed by atoms with Gasteiger partial charge in [0.25, 0.3) is 0 Å². The highest BCUT2D eigenvalue weighted by atomic mass is 19.4. The van der Waals surface area contributed by atoms with E-state index in [2.05, 4.69) is 40.8 Å². The predicted molar refractivity (Wildman–Crippen MR) is 117 cm³/mol. The third kappa shape index (κ3) is 4.43. The van der Waals surface area contributed by atoms with Crippen molar-refractivity contribution in [2.24, 2.45) is 0 Å². The molecular formula is C22H18F4N8. The Bertz CT molecular complexity index is 1320. The molecule has 0 radical (unpaired) electrons. The van der Waals surface area contributed by atoms with Gasteiger partial charge in [-0.25, -0.2) is 24.3 Å². The molecule has 0 spiro atoms. The summed E-state index contributed by atoms with van der Waals surface area (Å²) in [5, 5.41) is 14.5. The number of fused-ring (bicyclic) bond motifs is 1. The summed E-state index contributed by atoms with van der Waals surface area (Å²) in [5.74, 6) is 0.718. The molecule has 0 atom stereocenters. The average molecular weight is 470 g/mol. The molecule has 1 fully saturated rings. The van der Waals surface area contributed by atoms with Crippen LogP contribution in [0.3, 0.4) is 0 Å². The van der Waals surface area contributed by atoms with E-state index in [4.69, 9.17) is 0 Å². The Morgan fingerprint density at radius 1 is 0.971 bits per heavy atom. The molecule has 4 heterocycles. The third-order valence-corrected chi connectivity index (χ3v) is 5.52. The molecule has 174 valence electrons. The van der Waals surface area contributed by atoms with E-state index in [1.54, 1.807) is 12.1 Å². The predicted octanol–water partition coefficient (Wildman–Crippen LogP) is 5.07. The number of pyridine rings is 2. The first-order chi connectivity index (χ1) is 16.4. The first-order valence-electron chi connectivity index (χ1n) is 10.5. The lowest BCUT2D eigenvalue weighted by Gasteiger charge is -2.26. The number of hydrogen-bond donors (Lipinski definition) is 2. The lowest BCUT2D eigenvalue weighted by atomic mass is 9.93. The zero-order valence-corrected chi connectivity index (χ0v) is 17.6. The summed E-state index contributed by atoms with van der Waals surface area (Å²) in [6.07, 6.45) is 2.44. The molecule has 0 amide bonds. The average Bonchev–Trinajstić information content (AvgIpc) is 2.81. The van der Waals surface area contributed by atoms with Crippen LogP contribution in [0.25, 0.3) is 22.6 Å². The number of halogens is 4. The highest BCUT2D eigenvalue weighted by molar-refractivity contribution is 5.87. The van der Waals surface area contributed by atoms with Crippen LogP contribution in [0.5, 0.6) is 0 Å². The monoisotopic (exact) mass is 470 g/mol. The second kappa shape index (κ2) is 8.76. The molecule has 2 N–H and O–H groups in total. The summed E-state index contributed by atoms with van der Waals surface area (Å²) in [4.78, 5) is 16.8. The van der Waals surface area contributed by atoms with Crippen LogP contribution in [-0.2, 0) is 12.9 Å². The van der Waals surface area contributed by atoms with Crippen LogP contribution in [0, 0.1) is 0 Å². The van der Waals surface area contributed by atoms with Gasteiger partial charge in [0.1, 0.15) is 35.2 Å². The molecule has 0 bridgehead atoms. The SMILES string of the molecule is FCc1cc(NC2CCC2)nnc1-c1cnc2c(Nc3ccc(C(F)(F)F)cn3)ccnc2n1. The maximum atomic E-state index is 13.8. The van der Waals surface area contributed by atoms with Crippen molar-refractivity contribution < 1.29 is 17.6 Å². The van der Waals surface area contributed by atoms with Gasteiger partial charge in [0, 0.05) is 24.0 Å². The molecule has 4 aromatic rings. The number of hydrogen-bond acceptors (Lipinski definition) is 8. The highest BCUT2D eigenvalue weighted by Gasteiger charge is 2.30. The molecule has 4 aromatic heterocycles. The van der Waals surface area contributed by atoms with Crippen LogP contribution in [-0.4, -0.2) is 36.2 Å². The highest BCUT2D eigenvalue weighted by Crippen LogP contribution is 2.30. The van der Waals surface area contributed by atoms with Crippen molar-refractivity contribution in [2.45, 2.75) is 38.2 Å². The van der Waals surface area contributed by atoms with E-state index in [0.29, 0.717) is 34.3 Å². The molecule has 8 nitrogen and oxygen atoms in total. The Labute approximate surface area is 190 Å². The van der Waals surface area contributed by atoms with Crippen LogP contribution >= 0.6 is 0 Å². The third-order valence-electron chi connectivity index (χ3n) is 5.52. The van der Waals surface area contributed by atoms with Crippen LogP contribution in [0.2, 0.25) is 0 Å². The van der Waals surface area contributed by atoms with Gasteiger partial charge in [-0.05, 0) is 43.5 Å². The van der Waals surface area contributed by atoms with Crippen LogP contribution in [0.1, 0.15) is 30.4 Å². The lowest BCUT2D eigenvalue weighted by Crippen LogP contribution is -2.27. The van der Waals surface area contributed by atoms with Crippen molar-refractivity contribution in [2.75, 3.05) is 10.6 Å². The Morgan fingerprint density at radius 2 is 1.82 bits per heavy atom. The fourth-order valence-electron chi connectivity index (χ4n) is 3.49. The topological polar surface area (TPSA) is 101 Å². The van der Waals surface area contributed by atoms with Gasteiger partial charge >= 0.3 is 6.18 Å². The minimum Gasteiger partial charge on any atom is -0.366 e. The van der Waals surface area contributed by atoms with Gasteiger partial charge in [-0.1, -0.05) is 0 Å². The maximum Gasteiger partial charge on any atom is 0.417 e. The first kappa shape index (κ1) is 21.9. The molecule has 0 aromatic carbocycles. The number of aromatic nitrogens is 6. The normalized spacial score (nSPS) is 14.1. The molecule has 34 heavy (non-hydrogen) atoms. The van der Waals surface area contributed by atoms with Crippen molar-refractivity contribution in [1.82, 2.24) is 30.1 Å². The second-order valence-electron chi connectivity index (χ2n) is 7.85. The minimum absolute atomic E-state index is 0.200. The number of alkyl halides is 4. The molecule has 1 aliphatic carbocycles. The zero-order valence-electron chi connectivity index (χ0n) is 17.6. The summed E-state index contributed by atoms with van der Waals surface area (Å²) in [7, 11) is 0. The van der Waals surface area contributed by atoms with Gasteiger partial charge in [0.15, 0.2) is 5.65 Å². The van der Waals surface area contributed by atoms with Crippen molar-refractivity contribution in [3.05, 3.63) is 54.0 Å². The molecular weight excluding hydrogens is 452 g/mol. The number of rotatable bonds is 6. The molecule has 0 saturated heterocycles. The molecule has 0 unspecified atom stereocenters. The van der Waals surface area contributed by atoms with Gasteiger partial charge in [-0.15, -0.1) is 10.2 Å². The van der Waals surface area contributed by atoms with E-state index in [-0.39, 0.29) is 17.2 Å². The van der Waals surface area contributed by atoms with Crippen molar-refractivity contribution in [1.29, 1.82) is 0 Å². The number of anilines is 3. The standard InChI is InChI=1S/C22H18F4N8/c23-9-12-8-18(30-14-2-1-3-14)33-34-19(12)16-11-29-20-15(6-7-27-21(20)32-16)31-17-5-4-13(10-28-17)22(24,25)26/h4-8,10-11,14H,1-3,9H2,(H,30,33)(H,27,28,31,32). The van der Waals surface area contributed by atoms with Gasteiger partial charge in [0.2, 0.25) is 0 Å².